The first-order valence-corrected chi connectivity index (χ1v) is 7.35. The molecule has 1 aliphatic rings. The number of benzene rings is 1. The number of hydrogen-bond donors (Lipinski definition) is 2. The minimum atomic E-state index is 0. The molecule has 0 aromatic heterocycles. The fourth-order valence-electron chi connectivity index (χ4n) is 1.92. The predicted octanol–water partition coefficient (Wildman–Crippen LogP) is 3.30. The average molecular weight is 424 g/mol. The Morgan fingerprint density at radius 3 is 2.57 bits per heavy atom. The van der Waals surface area contributed by atoms with Crippen molar-refractivity contribution in [2.24, 2.45) is 10.9 Å². The number of nitrogens with zero attached hydrogens (tertiary/aromatic N) is 1. The fourth-order valence-corrected chi connectivity index (χ4v) is 2.05. The third kappa shape index (κ3) is 6.30. The van der Waals surface area contributed by atoms with Crippen LogP contribution < -0.4 is 15.4 Å². The van der Waals surface area contributed by atoms with Gasteiger partial charge >= 0.3 is 0 Å². The maximum absolute atomic E-state index is 5.84. The highest BCUT2D eigenvalue weighted by molar-refractivity contribution is 14.0. The van der Waals surface area contributed by atoms with Gasteiger partial charge in [-0.1, -0.05) is 18.5 Å². The molecule has 1 aromatic rings. The molecule has 0 saturated heterocycles. The SMILES string of the molecule is CN=C(NCC(C)Oc1ccc(Cl)cc1)NC1CC1C.I. The van der Waals surface area contributed by atoms with Crippen molar-refractivity contribution >= 4 is 41.5 Å². The number of guanidine groups is 1. The van der Waals surface area contributed by atoms with Crippen LogP contribution in [0, 0.1) is 5.92 Å². The fraction of sp³-hybridized carbons (Fsp3) is 0.533. The van der Waals surface area contributed by atoms with E-state index in [1.54, 1.807) is 7.05 Å². The van der Waals surface area contributed by atoms with Crippen molar-refractivity contribution in [3.63, 3.8) is 0 Å². The quantitative estimate of drug-likeness (QED) is 0.434. The number of nitrogens with one attached hydrogen (secondary N) is 2. The summed E-state index contributed by atoms with van der Waals surface area (Å²) in [5, 5.41) is 7.38. The summed E-state index contributed by atoms with van der Waals surface area (Å²) < 4.78 is 5.80. The molecule has 3 unspecified atom stereocenters. The van der Waals surface area contributed by atoms with E-state index in [0.717, 1.165) is 17.6 Å². The number of aliphatic imine (C=N–C) groups is 1. The zero-order valence-electron chi connectivity index (χ0n) is 12.6. The average Bonchev–Trinajstić information content (AvgIpc) is 3.12. The Hall–Kier alpha value is -0.690. The molecule has 0 bridgehead atoms. The molecule has 6 heteroatoms. The number of ether oxygens (including phenoxy) is 1. The maximum atomic E-state index is 5.84. The Morgan fingerprint density at radius 1 is 1.43 bits per heavy atom. The monoisotopic (exact) mass is 423 g/mol. The van der Waals surface area contributed by atoms with Crippen molar-refractivity contribution in [1.82, 2.24) is 10.6 Å². The molecule has 3 atom stereocenters. The summed E-state index contributed by atoms with van der Waals surface area (Å²) in [6.07, 6.45) is 1.27. The van der Waals surface area contributed by atoms with Crippen LogP contribution in [-0.2, 0) is 0 Å². The van der Waals surface area contributed by atoms with Crippen molar-refractivity contribution < 1.29 is 4.74 Å². The van der Waals surface area contributed by atoms with Crippen molar-refractivity contribution in [3.05, 3.63) is 29.3 Å². The summed E-state index contributed by atoms with van der Waals surface area (Å²) in [6.45, 7) is 4.95. The Balaban J connectivity index is 0.00000220. The van der Waals surface area contributed by atoms with Gasteiger partial charge in [-0.05, 0) is 43.5 Å². The van der Waals surface area contributed by atoms with Gasteiger partial charge in [0.1, 0.15) is 11.9 Å². The van der Waals surface area contributed by atoms with Gasteiger partial charge in [-0.15, -0.1) is 24.0 Å². The summed E-state index contributed by atoms with van der Waals surface area (Å²) in [5.41, 5.74) is 0. The molecule has 4 nitrogen and oxygen atoms in total. The summed E-state index contributed by atoms with van der Waals surface area (Å²) >= 11 is 5.84. The van der Waals surface area contributed by atoms with Gasteiger partial charge in [0, 0.05) is 18.1 Å². The van der Waals surface area contributed by atoms with Gasteiger partial charge in [0.25, 0.3) is 0 Å². The molecule has 21 heavy (non-hydrogen) atoms. The van der Waals surface area contributed by atoms with Gasteiger partial charge in [0.05, 0.1) is 6.54 Å². The highest BCUT2D eigenvalue weighted by atomic mass is 127. The molecule has 0 radical (unpaired) electrons. The number of rotatable bonds is 5. The molecule has 0 aliphatic heterocycles. The second-order valence-corrected chi connectivity index (χ2v) is 5.74. The van der Waals surface area contributed by atoms with E-state index in [0.29, 0.717) is 17.6 Å². The zero-order chi connectivity index (χ0) is 14.5. The molecule has 0 heterocycles. The van der Waals surface area contributed by atoms with E-state index in [4.69, 9.17) is 16.3 Å². The van der Waals surface area contributed by atoms with Crippen LogP contribution in [0.4, 0.5) is 0 Å². The predicted molar refractivity (Wildman–Crippen MR) is 99.0 cm³/mol. The molecule has 1 fully saturated rings. The molecular weight excluding hydrogens is 401 g/mol. The lowest BCUT2D eigenvalue weighted by Crippen LogP contribution is -2.43. The molecule has 1 aromatic carbocycles. The number of hydrogen-bond acceptors (Lipinski definition) is 2. The van der Waals surface area contributed by atoms with Gasteiger partial charge in [-0.2, -0.15) is 0 Å². The van der Waals surface area contributed by atoms with Crippen molar-refractivity contribution in [2.75, 3.05) is 13.6 Å². The Labute approximate surface area is 148 Å². The van der Waals surface area contributed by atoms with E-state index in [1.165, 1.54) is 6.42 Å². The molecule has 2 N–H and O–H groups in total. The van der Waals surface area contributed by atoms with Crippen LogP contribution in [0.2, 0.25) is 5.02 Å². The van der Waals surface area contributed by atoms with E-state index < -0.39 is 0 Å². The van der Waals surface area contributed by atoms with Crippen LogP contribution in [0.1, 0.15) is 20.3 Å². The van der Waals surface area contributed by atoms with Crippen molar-refractivity contribution in [2.45, 2.75) is 32.4 Å². The van der Waals surface area contributed by atoms with E-state index in [9.17, 15) is 0 Å². The van der Waals surface area contributed by atoms with E-state index in [-0.39, 0.29) is 30.1 Å². The third-order valence-electron chi connectivity index (χ3n) is 3.36. The van der Waals surface area contributed by atoms with Gasteiger partial charge in [-0.25, -0.2) is 0 Å². The van der Waals surface area contributed by atoms with Crippen LogP contribution in [0.5, 0.6) is 5.75 Å². The molecule has 0 amide bonds. The highest BCUT2D eigenvalue weighted by Crippen LogP contribution is 2.28. The molecule has 0 spiro atoms. The summed E-state index contributed by atoms with van der Waals surface area (Å²) in [6, 6.07) is 7.96. The van der Waals surface area contributed by atoms with Gasteiger partial charge in [0.15, 0.2) is 5.96 Å². The van der Waals surface area contributed by atoms with E-state index in [2.05, 4.69) is 22.5 Å². The van der Waals surface area contributed by atoms with Crippen LogP contribution in [-0.4, -0.2) is 31.7 Å². The summed E-state index contributed by atoms with van der Waals surface area (Å²) in [4.78, 5) is 4.21. The third-order valence-corrected chi connectivity index (χ3v) is 3.62. The first-order valence-electron chi connectivity index (χ1n) is 6.98. The number of halogens is 2. The molecule has 118 valence electrons. The summed E-state index contributed by atoms with van der Waals surface area (Å²) in [7, 11) is 1.78. The first-order chi connectivity index (χ1) is 9.58. The van der Waals surface area contributed by atoms with E-state index >= 15 is 0 Å². The molecule has 2 rings (SSSR count). The molecule has 1 saturated carbocycles. The van der Waals surface area contributed by atoms with Crippen molar-refractivity contribution in [1.29, 1.82) is 0 Å². The Kier molecular flexibility index (Phi) is 7.59. The van der Waals surface area contributed by atoms with Crippen molar-refractivity contribution in [3.8, 4) is 5.75 Å². The van der Waals surface area contributed by atoms with E-state index in [1.807, 2.05) is 31.2 Å². The van der Waals surface area contributed by atoms with Gasteiger partial charge < -0.3 is 15.4 Å². The highest BCUT2D eigenvalue weighted by Gasteiger charge is 2.33. The second kappa shape index (κ2) is 8.68. The standard InChI is InChI=1S/C15H22ClN3O.HI/c1-10-8-14(10)19-15(17-3)18-9-11(2)20-13-6-4-12(16)5-7-13;/h4-7,10-11,14H,8-9H2,1-3H3,(H2,17,18,19);1H. The van der Waals surface area contributed by atoms with Gasteiger partial charge in [-0.3, -0.25) is 4.99 Å². The van der Waals surface area contributed by atoms with Crippen LogP contribution in [0.15, 0.2) is 29.3 Å². The largest absolute Gasteiger partial charge is 0.489 e. The lowest BCUT2D eigenvalue weighted by molar-refractivity contribution is 0.224. The van der Waals surface area contributed by atoms with Gasteiger partial charge in [0.2, 0.25) is 0 Å². The molecule has 1 aliphatic carbocycles. The van der Waals surface area contributed by atoms with Crippen LogP contribution >= 0.6 is 35.6 Å². The Morgan fingerprint density at radius 2 is 2.05 bits per heavy atom. The summed E-state index contributed by atoms with van der Waals surface area (Å²) in [5.74, 6) is 2.41. The normalized spacial score (nSPS) is 22.0. The van der Waals surface area contributed by atoms with Crippen LogP contribution in [0.25, 0.3) is 0 Å². The second-order valence-electron chi connectivity index (χ2n) is 5.30. The minimum absolute atomic E-state index is 0. The topological polar surface area (TPSA) is 45.7 Å². The lowest BCUT2D eigenvalue weighted by atomic mass is 10.3. The smallest absolute Gasteiger partial charge is 0.191 e. The lowest BCUT2D eigenvalue weighted by Gasteiger charge is -2.17. The zero-order valence-corrected chi connectivity index (χ0v) is 15.7. The Bertz CT molecular complexity index is 466. The maximum Gasteiger partial charge on any atom is 0.191 e. The minimum Gasteiger partial charge on any atom is -0.489 e. The molecular formula is C15H23ClIN3O. The van der Waals surface area contributed by atoms with Crippen LogP contribution in [0.3, 0.4) is 0 Å². The first kappa shape index (κ1) is 18.4.